The number of nitrogens with zero attached hydrogens (tertiary/aromatic N) is 1. The smallest absolute Gasteiger partial charge is 0.265 e. The maximum Gasteiger partial charge on any atom is 0.265 e. The standard InChI is InChI=1S/C22H23N3O4/c1-15(2)17-10-7-16(8-11-17)9-12-20(26)23-24-21(27)13-25-18-5-3-4-6-19(18)29-14-22(25)28/h3-12,15H,13-14H2,1-2H3,(H,23,26)(H,24,27)/b12-9+. The maximum absolute atomic E-state index is 12.2. The van der Waals surface area contributed by atoms with Crippen molar-refractivity contribution >= 4 is 29.5 Å². The number of carbonyl (C=O) groups is 3. The number of para-hydroxylation sites is 2. The summed E-state index contributed by atoms with van der Waals surface area (Å²) in [6, 6.07) is 14.9. The number of anilines is 1. The van der Waals surface area contributed by atoms with Gasteiger partial charge in [0.15, 0.2) is 6.61 Å². The van der Waals surface area contributed by atoms with Gasteiger partial charge in [-0.15, -0.1) is 0 Å². The Balaban J connectivity index is 1.51. The summed E-state index contributed by atoms with van der Waals surface area (Å²) >= 11 is 0. The minimum absolute atomic E-state index is 0.130. The van der Waals surface area contributed by atoms with Crippen LogP contribution in [-0.2, 0) is 14.4 Å². The van der Waals surface area contributed by atoms with Crippen LogP contribution in [0.1, 0.15) is 30.9 Å². The number of hydrogen-bond donors (Lipinski definition) is 2. The lowest BCUT2D eigenvalue weighted by Gasteiger charge is -2.28. The van der Waals surface area contributed by atoms with Crippen molar-refractivity contribution in [3.05, 3.63) is 65.7 Å². The Morgan fingerprint density at radius 3 is 2.55 bits per heavy atom. The van der Waals surface area contributed by atoms with E-state index in [2.05, 4.69) is 24.7 Å². The molecule has 0 spiro atoms. The molecule has 1 heterocycles. The Hall–Kier alpha value is -3.61. The first-order valence-electron chi connectivity index (χ1n) is 9.33. The van der Waals surface area contributed by atoms with Gasteiger partial charge in [-0.2, -0.15) is 0 Å². The number of ether oxygens (including phenoxy) is 1. The highest BCUT2D eigenvalue weighted by Gasteiger charge is 2.26. The fraction of sp³-hybridized carbons (Fsp3) is 0.227. The monoisotopic (exact) mass is 393 g/mol. The average Bonchev–Trinajstić information content (AvgIpc) is 2.73. The van der Waals surface area contributed by atoms with Crippen LogP contribution in [0.2, 0.25) is 0 Å². The number of benzene rings is 2. The molecule has 0 bridgehead atoms. The van der Waals surface area contributed by atoms with Gasteiger partial charge in [0.1, 0.15) is 12.3 Å². The molecule has 0 aromatic heterocycles. The van der Waals surface area contributed by atoms with Crippen LogP contribution >= 0.6 is 0 Å². The Morgan fingerprint density at radius 2 is 1.83 bits per heavy atom. The minimum atomic E-state index is -0.516. The van der Waals surface area contributed by atoms with Gasteiger partial charge in [0.05, 0.1) is 5.69 Å². The van der Waals surface area contributed by atoms with E-state index in [0.29, 0.717) is 17.4 Å². The van der Waals surface area contributed by atoms with Crippen LogP contribution < -0.4 is 20.5 Å². The molecule has 7 nitrogen and oxygen atoms in total. The molecule has 7 heteroatoms. The topological polar surface area (TPSA) is 87.7 Å². The van der Waals surface area contributed by atoms with Crippen LogP contribution in [0.5, 0.6) is 5.75 Å². The molecule has 2 aromatic carbocycles. The van der Waals surface area contributed by atoms with Crippen LogP contribution in [0.4, 0.5) is 5.69 Å². The van der Waals surface area contributed by atoms with Gasteiger partial charge >= 0.3 is 0 Å². The molecule has 0 atom stereocenters. The molecule has 0 saturated carbocycles. The molecule has 3 amide bonds. The summed E-state index contributed by atoms with van der Waals surface area (Å²) in [6.07, 6.45) is 2.99. The van der Waals surface area contributed by atoms with E-state index in [4.69, 9.17) is 4.74 Å². The summed E-state index contributed by atoms with van der Waals surface area (Å²) in [4.78, 5) is 37.5. The van der Waals surface area contributed by atoms with Gasteiger partial charge < -0.3 is 4.74 Å². The second kappa shape index (κ2) is 9.05. The summed E-state index contributed by atoms with van der Waals surface area (Å²) in [5.41, 5.74) is 7.26. The summed E-state index contributed by atoms with van der Waals surface area (Å²) < 4.78 is 5.34. The Labute approximate surface area is 169 Å². The zero-order chi connectivity index (χ0) is 20.8. The third-order valence-corrected chi connectivity index (χ3v) is 4.47. The van der Waals surface area contributed by atoms with Crippen molar-refractivity contribution in [1.29, 1.82) is 0 Å². The first-order chi connectivity index (χ1) is 13.9. The summed E-state index contributed by atoms with van der Waals surface area (Å²) in [6.45, 7) is 3.88. The predicted octanol–water partition coefficient (Wildman–Crippen LogP) is 2.40. The highest BCUT2D eigenvalue weighted by atomic mass is 16.5. The van der Waals surface area contributed by atoms with E-state index in [0.717, 1.165) is 5.56 Å². The zero-order valence-electron chi connectivity index (χ0n) is 16.3. The maximum atomic E-state index is 12.2. The van der Waals surface area contributed by atoms with Crippen molar-refractivity contribution in [2.75, 3.05) is 18.1 Å². The van der Waals surface area contributed by atoms with Crippen molar-refractivity contribution in [2.45, 2.75) is 19.8 Å². The first kappa shape index (κ1) is 20.1. The number of rotatable bonds is 5. The van der Waals surface area contributed by atoms with Gasteiger partial charge in [-0.05, 0) is 35.3 Å². The normalized spacial score (nSPS) is 13.2. The van der Waals surface area contributed by atoms with Crippen molar-refractivity contribution in [3.63, 3.8) is 0 Å². The lowest BCUT2D eigenvalue weighted by Crippen LogP contribution is -2.49. The lowest BCUT2D eigenvalue weighted by atomic mass is 10.0. The molecule has 2 N–H and O–H groups in total. The molecule has 29 heavy (non-hydrogen) atoms. The summed E-state index contributed by atoms with van der Waals surface area (Å²) in [5.74, 6) is -0.333. The van der Waals surface area contributed by atoms with Crippen molar-refractivity contribution in [3.8, 4) is 5.75 Å². The molecule has 0 aliphatic carbocycles. The van der Waals surface area contributed by atoms with Gasteiger partial charge in [0.25, 0.3) is 17.7 Å². The molecule has 1 aliphatic heterocycles. The van der Waals surface area contributed by atoms with Crippen LogP contribution in [0.15, 0.2) is 54.6 Å². The van der Waals surface area contributed by atoms with Crippen LogP contribution in [0.25, 0.3) is 6.08 Å². The van der Waals surface area contributed by atoms with Gasteiger partial charge in [-0.25, -0.2) is 0 Å². The number of carbonyl (C=O) groups excluding carboxylic acids is 3. The largest absolute Gasteiger partial charge is 0.482 e. The van der Waals surface area contributed by atoms with E-state index in [9.17, 15) is 14.4 Å². The molecule has 0 radical (unpaired) electrons. The average molecular weight is 393 g/mol. The lowest BCUT2D eigenvalue weighted by molar-refractivity contribution is -0.127. The van der Waals surface area contributed by atoms with Gasteiger partial charge in [-0.3, -0.25) is 30.1 Å². The molecule has 0 unspecified atom stereocenters. The quantitative estimate of drug-likeness (QED) is 0.603. The van der Waals surface area contributed by atoms with Gasteiger partial charge in [0, 0.05) is 6.08 Å². The number of hydrogen-bond acceptors (Lipinski definition) is 4. The van der Waals surface area contributed by atoms with Gasteiger partial charge in [0.2, 0.25) is 0 Å². The number of fused-ring (bicyclic) bond motifs is 1. The Morgan fingerprint density at radius 1 is 1.10 bits per heavy atom. The minimum Gasteiger partial charge on any atom is -0.482 e. The molecular formula is C22H23N3O4. The van der Waals surface area contributed by atoms with E-state index >= 15 is 0 Å². The van der Waals surface area contributed by atoms with E-state index in [1.807, 2.05) is 24.3 Å². The highest BCUT2D eigenvalue weighted by Crippen LogP contribution is 2.31. The molecule has 1 aliphatic rings. The van der Waals surface area contributed by atoms with E-state index in [-0.39, 0.29) is 19.1 Å². The highest BCUT2D eigenvalue weighted by molar-refractivity contribution is 6.02. The SMILES string of the molecule is CC(C)c1ccc(/C=C/C(=O)NNC(=O)CN2C(=O)COc3ccccc32)cc1. The number of hydrazine groups is 1. The van der Waals surface area contributed by atoms with Crippen LogP contribution in [0.3, 0.4) is 0 Å². The molecule has 2 aromatic rings. The fourth-order valence-corrected chi connectivity index (χ4v) is 2.85. The van der Waals surface area contributed by atoms with E-state index in [1.165, 1.54) is 16.5 Å². The Kier molecular flexibility index (Phi) is 6.29. The van der Waals surface area contributed by atoms with Crippen LogP contribution in [-0.4, -0.2) is 30.9 Å². The second-order valence-corrected chi connectivity index (χ2v) is 6.93. The molecule has 0 fully saturated rings. The molecule has 0 saturated heterocycles. The third-order valence-electron chi connectivity index (χ3n) is 4.47. The molecule has 3 rings (SSSR count). The van der Waals surface area contributed by atoms with Crippen LogP contribution in [0, 0.1) is 0 Å². The summed E-state index contributed by atoms with van der Waals surface area (Å²) in [7, 11) is 0. The fourth-order valence-electron chi connectivity index (χ4n) is 2.85. The van der Waals surface area contributed by atoms with Crippen molar-refractivity contribution in [1.82, 2.24) is 10.9 Å². The Bertz CT molecular complexity index is 935. The zero-order valence-corrected chi connectivity index (χ0v) is 16.3. The molecule has 150 valence electrons. The molecular weight excluding hydrogens is 370 g/mol. The van der Waals surface area contributed by atoms with Gasteiger partial charge in [-0.1, -0.05) is 50.2 Å². The third kappa shape index (κ3) is 5.22. The number of nitrogens with one attached hydrogen (secondary N) is 2. The number of amides is 3. The second-order valence-electron chi connectivity index (χ2n) is 6.93. The van der Waals surface area contributed by atoms with Crippen molar-refractivity contribution < 1.29 is 19.1 Å². The predicted molar refractivity (Wildman–Crippen MR) is 110 cm³/mol. The first-order valence-corrected chi connectivity index (χ1v) is 9.33. The summed E-state index contributed by atoms with van der Waals surface area (Å²) in [5, 5.41) is 0. The van der Waals surface area contributed by atoms with E-state index < -0.39 is 11.8 Å². The van der Waals surface area contributed by atoms with Crippen molar-refractivity contribution in [2.24, 2.45) is 0 Å². The van der Waals surface area contributed by atoms with E-state index in [1.54, 1.807) is 30.3 Å².